The van der Waals surface area contributed by atoms with Gasteiger partial charge in [-0.3, -0.25) is 4.79 Å². The van der Waals surface area contributed by atoms with Crippen molar-refractivity contribution in [2.75, 3.05) is 18.6 Å². The summed E-state index contributed by atoms with van der Waals surface area (Å²) in [5.41, 5.74) is 3.08. The minimum Gasteiger partial charge on any atom is -0.491 e. The van der Waals surface area contributed by atoms with Crippen molar-refractivity contribution in [2.24, 2.45) is 0 Å². The number of halogens is 1. The third kappa shape index (κ3) is 3.87. The van der Waals surface area contributed by atoms with Crippen molar-refractivity contribution in [3.05, 3.63) is 59.7 Å². The Morgan fingerprint density at radius 3 is 2.87 bits per heavy atom. The van der Waals surface area contributed by atoms with E-state index in [1.807, 2.05) is 12.1 Å². The Balaban J connectivity index is 1.64. The number of ether oxygens (including phenoxy) is 1. The molecule has 2 aromatic rings. The SMILES string of the molecule is O=C(Nc1cccc(OCCF)c1)C1Cc2ccccc2CN1. The first-order valence-electron chi connectivity index (χ1n) is 7.66. The summed E-state index contributed by atoms with van der Waals surface area (Å²) in [7, 11) is 0. The normalized spacial score (nSPS) is 16.5. The van der Waals surface area contributed by atoms with Crippen LogP contribution in [-0.2, 0) is 17.8 Å². The van der Waals surface area contributed by atoms with Gasteiger partial charge in [-0.2, -0.15) is 0 Å². The summed E-state index contributed by atoms with van der Waals surface area (Å²) in [6.45, 7) is 0.161. The fourth-order valence-electron chi connectivity index (χ4n) is 2.69. The maximum atomic E-state index is 12.4. The Bertz CT molecular complexity index is 690. The molecular weight excluding hydrogens is 295 g/mol. The highest BCUT2D eigenvalue weighted by Crippen LogP contribution is 2.20. The lowest BCUT2D eigenvalue weighted by Crippen LogP contribution is -2.44. The van der Waals surface area contributed by atoms with E-state index in [9.17, 15) is 9.18 Å². The van der Waals surface area contributed by atoms with Gasteiger partial charge in [0.1, 0.15) is 19.0 Å². The van der Waals surface area contributed by atoms with Gasteiger partial charge >= 0.3 is 0 Å². The molecule has 4 nitrogen and oxygen atoms in total. The highest BCUT2D eigenvalue weighted by atomic mass is 19.1. The first-order chi connectivity index (χ1) is 11.3. The molecule has 0 saturated heterocycles. The maximum absolute atomic E-state index is 12.4. The van der Waals surface area contributed by atoms with Crippen molar-refractivity contribution < 1.29 is 13.9 Å². The molecule has 1 aliphatic rings. The van der Waals surface area contributed by atoms with Crippen molar-refractivity contribution in [3.8, 4) is 5.75 Å². The van der Waals surface area contributed by atoms with E-state index in [-0.39, 0.29) is 18.6 Å². The molecule has 0 aliphatic carbocycles. The second-order valence-corrected chi connectivity index (χ2v) is 5.46. The third-order valence-electron chi connectivity index (χ3n) is 3.85. The van der Waals surface area contributed by atoms with Crippen molar-refractivity contribution in [1.82, 2.24) is 5.32 Å². The van der Waals surface area contributed by atoms with Crippen LogP contribution >= 0.6 is 0 Å². The first-order valence-corrected chi connectivity index (χ1v) is 7.66. The van der Waals surface area contributed by atoms with Crippen LogP contribution in [0.5, 0.6) is 5.75 Å². The Kier molecular flexibility index (Phi) is 4.88. The van der Waals surface area contributed by atoms with Gasteiger partial charge in [-0.25, -0.2) is 4.39 Å². The van der Waals surface area contributed by atoms with E-state index in [0.717, 1.165) is 0 Å². The minimum atomic E-state index is -0.540. The number of fused-ring (bicyclic) bond motifs is 1. The van der Waals surface area contributed by atoms with Crippen LogP contribution in [0, 0.1) is 0 Å². The Labute approximate surface area is 134 Å². The lowest BCUT2D eigenvalue weighted by atomic mass is 9.95. The van der Waals surface area contributed by atoms with Gasteiger partial charge in [0, 0.05) is 18.3 Å². The monoisotopic (exact) mass is 314 g/mol. The molecule has 0 spiro atoms. The molecule has 5 heteroatoms. The summed E-state index contributed by atoms with van der Waals surface area (Å²) in [4.78, 5) is 12.4. The van der Waals surface area contributed by atoms with E-state index in [4.69, 9.17) is 4.74 Å². The number of carbonyl (C=O) groups excluding carboxylic acids is 1. The van der Waals surface area contributed by atoms with Crippen LogP contribution in [0.1, 0.15) is 11.1 Å². The summed E-state index contributed by atoms with van der Waals surface area (Å²) >= 11 is 0. The number of hydrogen-bond donors (Lipinski definition) is 2. The quantitative estimate of drug-likeness (QED) is 0.892. The number of amides is 1. The zero-order valence-electron chi connectivity index (χ0n) is 12.7. The minimum absolute atomic E-state index is 0.0123. The highest BCUT2D eigenvalue weighted by Gasteiger charge is 2.23. The predicted molar refractivity (Wildman–Crippen MR) is 87.3 cm³/mol. The lowest BCUT2D eigenvalue weighted by Gasteiger charge is -2.25. The number of anilines is 1. The average Bonchev–Trinajstić information content (AvgIpc) is 2.60. The summed E-state index contributed by atoms with van der Waals surface area (Å²) in [5.74, 6) is 0.463. The number of rotatable bonds is 5. The largest absolute Gasteiger partial charge is 0.491 e. The van der Waals surface area contributed by atoms with E-state index < -0.39 is 6.67 Å². The van der Waals surface area contributed by atoms with Gasteiger partial charge in [0.2, 0.25) is 5.91 Å². The third-order valence-corrected chi connectivity index (χ3v) is 3.85. The second kappa shape index (κ2) is 7.24. The molecule has 0 fully saturated rings. The molecule has 2 aromatic carbocycles. The molecule has 1 amide bonds. The topological polar surface area (TPSA) is 50.4 Å². The van der Waals surface area contributed by atoms with E-state index in [1.165, 1.54) is 11.1 Å². The fraction of sp³-hybridized carbons (Fsp3) is 0.278. The molecule has 1 heterocycles. The molecule has 0 radical (unpaired) electrons. The van der Waals surface area contributed by atoms with Crippen molar-refractivity contribution in [2.45, 2.75) is 19.0 Å². The van der Waals surface area contributed by atoms with Gasteiger partial charge in [-0.1, -0.05) is 30.3 Å². The molecule has 1 atom stereocenters. The predicted octanol–water partition coefficient (Wildman–Crippen LogP) is 2.69. The summed E-state index contributed by atoms with van der Waals surface area (Å²) in [5, 5.41) is 6.14. The fourth-order valence-corrected chi connectivity index (χ4v) is 2.69. The van der Waals surface area contributed by atoms with E-state index >= 15 is 0 Å². The highest BCUT2D eigenvalue weighted by molar-refractivity contribution is 5.95. The number of benzene rings is 2. The van der Waals surface area contributed by atoms with Crippen LogP contribution in [0.15, 0.2) is 48.5 Å². The number of nitrogens with one attached hydrogen (secondary N) is 2. The molecule has 120 valence electrons. The van der Waals surface area contributed by atoms with E-state index in [1.54, 1.807) is 24.3 Å². The van der Waals surface area contributed by atoms with Crippen LogP contribution < -0.4 is 15.4 Å². The van der Waals surface area contributed by atoms with Gasteiger partial charge in [-0.05, 0) is 29.7 Å². The average molecular weight is 314 g/mol. The van der Waals surface area contributed by atoms with Crippen LogP contribution in [0.4, 0.5) is 10.1 Å². The second-order valence-electron chi connectivity index (χ2n) is 5.46. The molecule has 23 heavy (non-hydrogen) atoms. The molecule has 0 aromatic heterocycles. The van der Waals surface area contributed by atoms with E-state index in [0.29, 0.717) is 24.4 Å². The maximum Gasteiger partial charge on any atom is 0.241 e. The Hall–Kier alpha value is -2.40. The molecule has 1 unspecified atom stereocenters. The number of alkyl halides is 1. The zero-order valence-corrected chi connectivity index (χ0v) is 12.7. The Morgan fingerprint density at radius 2 is 2.04 bits per heavy atom. The smallest absolute Gasteiger partial charge is 0.241 e. The molecule has 1 aliphatic heterocycles. The van der Waals surface area contributed by atoms with Crippen molar-refractivity contribution >= 4 is 11.6 Å². The summed E-state index contributed by atoms with van der Waals surface area (Å²) < 4.78 is 17.4. The van der Waals surface area contributed by atoms with Crippen LogP contribution in [0.3, 0.4) is 0 Å². The van der Waals surface area contributed by atoms with Gasteiger partial charge in [0.05, 0.1) is 6.04 Å². The van der Waals surface area contributed by atoms with Crippen LogP contribution in [0.2, 0.25) is 0 Å². The van der Waals surface area contributed by atoms with Gasteiger partial charge < -0.3 is 15.4 Å². The van der Waals surface area contributed by atoms with Crippen molar-refractivity contribution in [1.29, 1.82) is 0 Å². The van der Waals surface area contributed by atoms with Crippen LogP contribution in [0.25, 0.3) is 0 Å². The molecule has 3 rings (SSSR count). The lowest BCUT2D eigenvalue weighted by molar-refractivity contribution is -0.118. The van der Waals surface area contributed by atoms with Crippen LogP contribution in [-0.4, -0.2) is 25.2 Å². The zero-order chi connectivity index (χ0) is 16.1. The first kappa shape index (κ1) is 15.5. The summed E-state index contributed by atoms with van der Waals surface area (Å²) in [6, 6.07) is 14.9. The number of hydrogen-bond acceptors (Lipinski definition) is 3. The standard InChI is InChI=1S/C18H19FN2O2/c19-8-9-23-16-7-3-6-15(11-16)21-18(22)17-10-13-4-1-2-5-14(13)12-20-17/h1-7,11,17,20H,8-10,12H2,(H,21,22). The molecular formula is C18H19FN2O2. The van der Waals surface area contributed by atoms with Gasteiger partial charge in [0.15, 0.2) is 0 Å². The molecule has 0 saturated carbocycles. The summed E-state index contributed by atoms with van der Waals surface area (Å²) in [6.07, 6.45) is 0.667. The van der Waals surface area contributed by atoms with Gasteiger partial charge in [0.25, 0.3) is 0 Å². The Morgan fingerprint density at radius 1 is 1.22 bits per heavy atom. The number of carbonyl (C=O) groups is 1. The molecule has 2 N–H and O–H groups in total. The van der Waals surface area contributed by atoms with Gasteiger partial charge in [-0.15, -0.1) is 0 Å². The molecule has 0 bridgehead atoms. The van der Waals surface area contributed by atoms with E-state index in [2.05, 4.69) is 22.8 Å². The van der Waals surface area contributed by atoms with Crippen molar-refractivity contribution in [3.63, 3.8) is 0 Å².